The Labute approximate surface area is 223 Å². The molecule has 0 bridgehead atoms. The van der Waals surface area contributed by atoms with Gasteiger partial charge in [-0.05, 0) is 78.9 Å². The zero-order valence-corrected chi connectivity index (χ0v) is 20.7. The first-order valence-corrected chi connectivity index (χ1v) is 12.8. The van der Waals surface area contributed by atoms with Crippen LogP contribution in [0, 0.1) is 0 Å². The van der Waals surface area contributed by atoms with E-state index >= 15 is 0 Å². The van der Waals surface area contributed by atoms with Crippen LogP contribution < -0.4 is 0 Å². The first kappa shape index (κ1) is 21.6. The minimum absolute atomic E-state index is 0.204. The molecule has 0 atom stereocenters. The average Bonchev–Trinajstić information content (AvgIpc) is 3.53. The number of fused-ring (bicyclic) bond motifs is 7. The lowest BCUT2D eigenvalue weighted by Gasteiger charge is -2.08. The van der Waals surface area contributed by atoms with Crippen LogP contribution in [0.15, 0.2) is 126 Å². The van der Waals surface area contributed by atoms with Gasteiger partial charge in [0.05, 0.1) is 27.9 Å². The van der Waals surface area contributed by atoms with Crippen molar-refractivity contribution in [1.82, 2.24) is 14.5 Å². The highest BCUT2D eigenvalue weighted by molar-refractivity contribution is 6.27. The number of rotatable bonds is 3. The fourth-order valence-electron chi connectivity index (χ4n) is 5.62. The van der Waals surface area contributed by atoms with Crippen LogP contribution >= 0.6 is 0 Å². The van der Waals surface area contributed by atoms with Gasteiger partial charge in [0.15, 0.2) is 0 Å². The highest BCUT2D eigenvalue weighted by Crippen LogP contribution is 2.42. The van der Waals surface area contributed by atoms with E-state index in [9.17, 15) is 5.11 Å². The summed E-state index contributed by atoms with van der Waals surface area (Å²) in [6, 6.07) is 38.0. The Morgan fingerprint density at radius 3 is 2.28 bits per heavy atom. The number of phenols is 1. The van der Waals surface area contributed by atoms with Crippen molar-refractivity contribution in [2.45, 2.75) is 0 Å². The van der Waals surface area contributed by atoms with Crippen molar-refractivity contribution < 1.29 is 9.52 Å². The van der Waals surface area contributed by atoms with E-state index in [1.54, 1.807) is 6.07 Å². The maximum absolute atomic E-state index is 10.6. The normalized spacial score (nSPS) is 11.7. The molecule has 4 heterocycles. The second-order valence-electron chi connectivity index (χ2n) is 9.61. The molecule has 0 spiro atoms. The number of phenolic OH excluding ortho intramolecular Hbond substituents is 1. The van der Waals surface area contributed by atoms with Crippen LogP contribution in [0.1, 0.15) is 0 Å². The molecule has 0 saturated carbocycles. The van der Waals surface area contributed by atoms with Gasteiger partial charge in [-0.2, -0.15) is 0 Å². The fourth-order valence-corrected chi connectivity index (χ4v) is 5.62. The fraction of sp³-hybridized carbons (Fsp3) is 0. The number of hydrogen-bond donors (Lipinski definition) is 1. The Balaban J connectivity index is 1.53. The zero-order chi connectivity index (χ0) is 25.9. The van der Waals surface area contributed by atoms with Gasteiger partial charge in [0.2, 0.25) is 0 Å². The van der Waals surface area contributed by atoms with Crippen molar-refractivity contribution in [3.63, 3.8) is 0 Å². The third-order valence-electron chi connectivity index (χ3n) is 7.36. The molecule has 1 N–H and O–H groups in total. The van der Waals surface area contributed by atoms with Crippen LogP contribution in [0.25, 0.3) is 72.1 Å². The molecule has 5 heteroatoms. The molecule has 0 aliphatic heterocycles. The average molecular weight is 504 g/mol. The van der Waals surface area contributed by atoms with Gasteiger partial charge in [0, 0.05) is 39.2 Å². The monoisotopic (exact) mass is 503 g/mol. The summed E-state index contributed by atoms with van der Waals surface area (Å²) in [5, 5.41) is 13.6. The minimum Gasteiger partial charge on any atom is -0.507 e. The van der Waals surface area contributed by atoms with Gasteiger partial charge in [0.1, 0.15) is 16.9 Å². The first-order valence-electron chi connectivity index (χ1n) is 12.8. The third-order valence-corrected chi connectivity index (χ3v) is 7.36. The molecule has 0 fully saturated rings. The molecule has 0 amide bonds. The largest absolute Gasteiger partial charge is 0.507 e. The lowest BCUT2D eigenvalue weighted by molar-refractivity contribution is 0.477. The summed E-state index contributed by atoms with van der Waals surface area (Å²) in [6.45, 7) is 0. The number of para-hydroxylation sites is 2. The summed E-state index contributed by atoms with van der Waals surface area (Å²) >= 11 is 0. The standard InChI is InChI=1S/C34H21N3O2/c38-29-12-5-4-10-23(29)26-14-15-28-34(36-26)33-27(37(28)22-8-2-1-3-9-22)16-18-31-32(33)24-20-21(13-17-30(24)39-31)25-11-6-7-19-35-25/h1-20,38H. The van der Waals surface area contributed by atoms with Crippen LogP contribution in [0.3, 0.4) is 0 Å². The molecule has 184 valence electrons. The summed E-state index contributed by atoms with van der Waals surface area (Å²) in [5.74, 6) is 0.204. The highest BCUT2D eigenvalue weighted by Gasteiger charge is 2.21. The number of hydrogen-bond acceptors (Lipinski definition) is 4. The number of aromatic hydroxyl groups is 1. The quantitative estimate of drug-likeness (QED) is 0.262. The number of furan rings is 1. The molecule has 0 unspecified atom stereocenters. The van der Waals surface area contributed by atoms with Crippen LogP contribution in [-0.4, -0.2) is 19.6 Å². The molecule has 8 aromatic rings. The van der Waals surface area contributed by atoms with E-state index in [-0.39, 0.29) is 5.75 Å². The minimum atomic E-state index is 0.204. The van der Waals surface area contributed by atoms with E-state index in [4.69, 9.17) is 9.40 Å². The molecule has 0 aliphatic rings. The summed E-state index contributed by atoms with van der Waals surface area (Å²) in [4.78, 5) is 9.72. The van der Waals surface area contributed by atoms with Gasteiger partial charge < -0.3 is 14.1 Å². The number of aromatic nitrogens is 3. The van der Waals surface area contributed by atoms with Gasteiger partial charge in [-0.15, -0.1) is 0 Å². The van der Waals surface area contributed by atoms with Gasteiger partial charge >= 0.3 is 0 Å². The van der Waals surface area contributed by atoms with Gasteiger partial charge in [-0.3, -0.25) is 4.98 Å². The molecule has 8 rings (SSSR count). The first-order chi connectivity index (χ1) is 19.3. The summed E-state index contributed by atoms with van der Waals surface area (Å²) in [5.41, 5.74) is 8.89. The predicted molar refractivity (Wildman–Crippen MR) is 156 cm³/mol. The Morgan fingerprint density at radius 2 is 1.44 bits per heavy atom. The van der Waals surface area contributed by atoms with Crippen molar-refractivity contribution in [1.29, 1.82) is 0 Å². The van der Waals surface area contributed by atoms with Crippen molar-refractivity contribution in [2.75, 3.05) is 0 Å². The Hall–Kier alpha value is -5.42. The van der Waals surface area contributed by atoms with E-state index in [0.717, 1.165) is 60.8 Å². The molecule has 5 nitrogen and oxygen atoms in total. The topological polar surface area (TPSA) is 64.1 Å². The molecule has 39 heavy (non-hydrogen) atoms. The third kappa shape index (κ3) is 3.27. The second kappa shape index (κ2) is 8.30. The van der Waals surface area contributed by atoms with Gasteiger partial charge in [-0.25, -0.2) is 4.98 Å². The lowest BCUT2D eigenvalue weighted by atomic mass is 10.0. The van der Waals surface area contributed by atoms with Gasteiger partial charge in [0.25, 0.3) is 0 Å². The van der Waals surface area contributed by atoms with Gasteiger partial charge in [-0.1, -0.05) is 36.4 Å². The van der Waals surface area contributed by atoms with Crippen molar-refractivity contribution >= 4 is 43.9 Å². The Bertz CT molecular complexity index is 2180. The SMILES string of the molecule is Oc1ccccc1-c1ccc2c(n1)c1c3c(ccc1n2-c1ccccc1)oc1ccc(-c2ccccn2)cc13. The van der Waals surface area contributed by atoms with Crippen LogP contribution in [0.4, 0.5) is 0 Å². The van der Waals surface area contributed by atoms with E-state index in [1.165, 1.54) is 0 Å². The van der Waals surface area contributed by atoms with Crippen LogP contribution in [-0.2, 0) is 0 Å². The molecular weight excluding hydrogens is 482 g/mol. The lowest BCUT2D eigenvalue weighted by Crippen LogP contribution is -1.93. The Morgan fingerprint density at radius 1 is 0.641 bits per heavy atom. The molecule has 4 aromatic heterocycles. The Kier molecular flexibility index (Phi) is 4.60. The van der Waals surface area contributed by atoms with E-state index in [0.29, 0.717) is 11.3 Å². The maximum Gasteiger partial charge on any atom is 0.136 e. The van der Waals surface area contributed by atoms with Crippen molar-refractivity contribution in [3.05, 3.63) is 121 Å². The van der Waals surface area contributed by atoms with E-state index in [1.807, 2.05) is 85.1 Å². The highest BCUT2D eigenvalue weighted by atomic mass is 16.3. The number of nitrogens with zero attached hydrogens (tertiary/aromatic N) is 3. The molecule has 4 aromatic carbocycles. The summed E-state index contributed by atoms with van der Waals surface area (Å²) < 4.78 is 8.60. The van der Waals surface area contributed by atoms with Crippen LogP contribution in [0.2, 0.25) is 0 Å². The van der Waals surface area contributed by atoms with Crippen molar-refractivity contribution in [3.8, 4) is 34.0 Å². The maximum atomic E-state index is 10.6. The summed E-state index contributed by atoms with van der Waals surface area (Å²) in [7, 11) is 0. The zero-order valence-electron chi connectivity index (χ0n) is 20.7. The smallest absolute Gasteiger partial charge is 0.136 e. The predicted octanol–water partition coefficient (Wildman–Crippen LogP) is 8.51. The molecule has 0 aliphatic carbocycles. The second-order valence-corrected chi connectivity index (χ2v) is 9.61. The molecular formula is C34H21N3O2. The summed E-state index contributed by atoms with van der Waals surface area (Å²) in [6.07, 6.45) is 1.81. The number of pyridine rings is 2. The number of benzene rings is 4. The molecule has 0 saturated heterocycles. The van der Waals surface area contributed by atoms with Crippen LogP contribution in [0.5, 0.6) is 5.75 Å². The van der Waals surface area contributed by atoms with E-state index in [2.05, 4.69) is 39.9 Å². The van der Waals surface area contributed by atoms with Crippen molar-refractivity contribution in [2.24, 2.45) is 0 Å². The van der Waals surface area contributed by atoms with E-state index < -0.39 is 0 Å². The molecule has 0 radical (unpaired) electrons.